The maximum Gasteiger partial charge on any atom is 0.338 e. The number of benzene rings is 1. The van der Waals surface area contributed by atoms with Crippen molar-refractivity contribution in [1.82, 2.24) is 4.98 Å². The number of aromatic nitrogens is 2. The Morgan fingerprint density at radius 2 is 1.73 bits per heavy atom. The van der Waals surface area contributed by atoms with E-state index in [1.165, 1.54) is 6.92 Å². The Labute approximate surface area is 151 Å². The molecule has 0 fully saturated rings. The van der Waals surface area contributed by atoms with E-state index in [1.807, 2.05) is 18.2 Å². The summed E-state index contributed by atoms with van der Waals surface area (Å²) in [4.78, 5) is 23.4. The van der Waals surface area contributed by atoms with Gasteiger partial charge >= 0.3 is 7.60 Å². The first-order valence-corrected chi connectivity index (χ1v) is 9.60. The fourth-order valence-electron chi connectivity index (χ4n) is 2.67. The molecule has 2 N–H and O–H groups in total. The second-order valence-corrected chi connectivity index (χ2v) is 7.82. The van der Waals surface area contributed by atoms with Crippen molar-refractivity contribution >= 4 is 7.60 Å². The van der Waals surface area contributed by atoms with E-state index in [9.17, 15) is 14.4 Å². The van der Waals surface area contributed by atoms with E-state index in [0.29, 0.717) is 11.3 Å². The molecule has 0 radical (unpaired) electrons. The van der Waals surface area contributed by atoms with Gasteiger partial charge in [-0.25, -0.2) is 0 Å². The summed E-state index contributed by atoms with van der Waals surface area (Å²) in [6.07, 6.45) is 5.12. The molecule has 0 saturated carbocycles. The van der Waals surface area contributed by atoms with Gasteiger partial charge in [0.2, 0.25) is 11.4 Å². The third-order valence-corrected chi connectivity index (χ3v) is 5.48. The minimum atomic E-state index is -4.34. The van der Waals surface area contributed by atoms with Gasteiger partial charge in [0.25, 0.3) is 0 Å². The van der Waals surface area contributed by atoms with Gasteiger partial charge in [-0.15, -0.1) is 0 Å². The zero-order valence-electron chi connectivity index (χ0n) is 14.0. The number of nitrogens with zero attached hydrogens (tertiary/aromatic N) is 3. The Morgan fingerprint density at radius 1 is 1.08 bits per heavy atom. The van der Waals surface area contributed by atoms with Crippen LogP contribution in [0.5, 0.6) is 0 Å². The Kier molecular flexibility index (Phi) is 4.97. The van der Waals surface area contributed by atoms with Gasteiger partial charge in [-0.1, -0.05) is 0 Å². The first-order valence-electron chi connectivity index (χ1n) is 7.92. The van der Waals surface area contributed by atoms with Gasteiger partial charge in [0.1, 0.15) is 5.66 Å². The van der Waals surface area contributed by atoms with Crippen LogP contribution in [-0.4, -0.2) is 14.8 Å². The maximum atomic E-state index is 11.9. The van der Waals surface area contributed by atoms with Crippen molar-refractivity contribution in [2.45, 2.75) is 12.6 Å². The van der Waals surface area contributed by atoms with Crippen molar-refractivity contribution in [2.24, 2.45) is 0 Å². The molecular weight excluding hydrogens is 349 g/mol. The number of rotatable bonds is 4. The van der Waals surface area contributed by atoms with Crippen LogP contribution in [0.15, 0.2) is 67.1 Å². The van der Waals surface area contributed by atoms with Gasteiger partial charge in [0.15, 0.2) is 6.20 Å². The predicted molar refractivity (Wildman–Crippen MR) is 96.4 cm³/mol. The van der Waals surface area contributed by atoms with Crippen LogP contribution in [0.1, 0.15) is 23.8 Å². The molecule has 3 aromatic rings. The molecule has 0 bridgehead atoms. The molecule has 130 valence electrons. The molecule has 2 aromatic heterocycles. The largest absolute Gasteiger partial charge is 0.338 e. The summed E-state index contributed by atoms with van der Waals surface area (Å²) in [7, 11) is -4.34. The SMILES string of the molecule is CC(c1cc(-c2ccncc2)cc[n+]1-c1ccc(C#N)cc1)P(=O)(O)O. The second kappa shape index (κ2) is 7.19. The van der Waals surface area contributed by atoms with E-state index in [-0.39, 0.29) is 0 Å². The summed E-state index contributed by atoms with van der Waals surface area (Å²) in [6.45, 7) is 1.51. The molecule has 26 heavy (non-hydrogen) atoms. The number of hydrogen-bond donors (Lipinski definition) is 2. The van der Waals surface area contributed by atoms with Gasteiger partial charge in [-0.05, 0) is 42.3 Å². The van der Waals surface area contributed by atoms with Gasteiger partial charge in [-0.2, -0.15) is 9.83 Å². The summed E-state index contributed by atoms with van der Waals surface area (Å²) in [6, 6.07) is 16.2. The zero-order chi connectivity index (χ0) is 18.7. The summed E-state index contributed by atoms with van der Waals surface area (Å²) >= 11 is 0. The Morgan fingerprint density at radius 3 is 2.31 bits per heavy atom. The quantitative estimate of drug-likeness (QED) is 0.546. The predicted octanol–water partition coefficient (Wildman–Crippen LogP) is 3.14. The molecule has 0 amide bonds. The Hall–Kier alpha value is -2.84. The number of hydrogen-bond acceptors (Lipinski definition) is 3. The van der Waals surface area contributed by atoms with E-state index in [2.05, 4.69) is 11.1 Å². The summed E-state index contributed by atoms with van der Waals surface area (Å²) < 4.78 is 13.6. The maximum absolute atomic E-state index is 11.9. The fraction of sp³-hybridized carbons (Fsp3) is 0.105. The van der Waals surface area contributed by atoms with Crippen molar-refractivity contribution in [1.29, 1.82) is 5.26 Å². The minimum absolute atomic E-state index is 0.484. The lowest BCUT2D eigenvalue weighted by atomic mass is 10.1. The van der Waals surface area contributed by atoms with Crippen LogP contribution in [0.3, 0.4) is 0 Å². The summed E-state index contributed by atoms with van der Waals surface area (Å²) in [5.41, 5.74) is 2.49. The first-order chi connectivity index (χ1) is 12.4. The molecule has 0 spiro atoms. The molecule has 0 aliphatic heterocycles. The minimum Gasteiger partial charge on any atom is -0.324 e. The van der Waals surface area contributed by atoms with E-state index < -0.39 is 13.3 Å². The lowest BCUT2D eigenvalue weighted by Gasteiger charge is -2.14. The second-order valence-electron chi connectivity index (χ2n) is 5.87. The van der Waals surface area contributed by atoms with E-state index >= 15 is 0 Å². The molecule has 0 aliphatic rings. The standard InChI is InChI=1S/C19H16N3O3P/c1-14(26(23,24)25)19-12-17(16-6-9-21-10-7-16)8-11-22(19)18-4-2-15(13-20)3-5-18/h2-12,14H,1H3,(H-,23,24,25)/p+1. The molecule has 7 heteroatoms. The molecule has 1 atom stereocenters. The van der Waals surface area contributed by atoms with E-state index in [4.69, 9.17) is 5.26 Å². The average molecular weight is 366 g/mol. The van der Waals surface area contributed by atoms with Gasteiger partial charge in [0, 0.05) is 36.7 Å². The van der Waals surface area contributed by atoms with Crippen LogP contribution in [0, 0.1) is 11.3 Å². The van der Waals surface area contributed by atoms with Crippen molar-refractivity contribution in [3.05, 3.63) is 78.4 Å². The van der Waals surface area contributed by atoms with Gasteiger partial charge in [0.05, 0.1) is 11.6 Å². The van der Waals surface area contributed by atoms with Gasteiger partial charge in [-0.3, -0.25) is 9.55 Å². The highest BCUT2D eigenvalue weighted by molar-refractivity contribution is 7.52. The topological polar surface area (TPSA) is 98.1 Å². The van der Waals surface area contributed by atoms with Crippen LogP contribution < -0.4 is 4.57 Å². The highest BCUT2D eigenvalue weighted by atomic mass is 31.2. The van der Waals surface area contributed by atoms with Crippen molar-refractivity contribution in [3.8, 4) is 22.9 Å². The number of nitriles is 1. The molecule has 6 nitrogen and oxygen atoms in total. The third kappa shape index (κ3) is 3.71. The Bertz CT molecular complexity index is 1010. The molecule has 3 rings (SSSR count). The fourth-order valence-corrected chi connectivity index (χ4v) is 3.21. The normalized spacial score (nSPS) is 12.4. The Balaban J connectivity index is 2.17. The van der Waals surface area contributed by atoms with E-state index in [0.717, 1.165) is 16.8 Å². The van der Waals surface area contributed by atoms with Crippen molar-refractivity contribution in [3.63, 3.8) is 0 Å². The van der Waals surface area contributed by atoms with Crippen molar-refractivity contribution in [2.75, 3.05) is 0 Å². The monoisotopic (exact) mass is 366 g/mol. The molecule has 2 heterocycles. The van der Waals surface area contributed by atoms with Gasteiger partial charge < -0.3 is 9.79 Å². The smallest absolute Gasteiger partial charge is 0.324 e. The molecule has 0 aliphatic carbocycles. The van der Waals surface area contributed by atoms with Crippen molar-refractivity contribution < 1.29 is 18.9 Å². The van der Waals surface area contributed by atoms with Crippen LogP contribution >= 0.6 is 7.60 Å². The lowest BCUT2D eigenvalue weighted by molar-refractivity contribution is -0.604. The lowest BCUT2D eigenvalue weighted by Crippen LogP contribution is -2.36. The average Bonchev–Trinajstić information content (AvgIpc) is 2.67. The molecule has 0 saturated heterocycles. The highest BCUT2D eigenvalue weighted by Crippen LogP contribution is 2.50. The van der Waals surface area contributed by atoms with Crippen LogP contribution in [0.25, 0.3) is 16.8 Å². The summed E-state index contributed by atoms with van der Waals surface area (Å²) in [5, 5.41) is 8.95. The van der Waals surface area contributed by atoms with Crippen LogP contribution in [0.2, 0.25) is 0 Å². The molecule has 1 unspecified atom stereocenters. The molecule has 1 aromatic carbocycles. The first kappa shape index (κ1) is 18.0. The number of pyridine rings is 2. The van der Waals surface area contributed by atoms with Crippen LogP contribution in [-0.2, 0) is 4.57 Å². The van der Waals surface area contributed by atoms with E-state index in [1.54, 1.807) is 53.5 Å². The molecular formula is C19H17N3O3P+. The summed E-state index contributed by atoms with van der Waals surface area (Å²) in [5.74, 6) is 0. The highest BCUT2D eigenvalue weighted by Gasteiger charge is 2.34. The zero-order valence-corrected chi connectivity index (χ0v) is 14.9. The van der Waals surface area contributed by atoms with Crippen LogP contribution in [0.4, 0.5) is 0 Å². The third-order valence-electron chi connectivity index (χ3n) is 4.21.